The molecule has 6 heteroatoms. The van der Waals surface area contributed by atoms with Gasteiger partial charge in [-0.15, -0.1) is 5.10 Å². The summed E-state index contributed by atoms with van der Waals surface area (Å²) in [7, 11) is 0. The number of carbonyl (C=O) groups excluding carboxylic acids is 1. The summed E-state index contributed by atoms with van der Waals surface area (Å²) in [4.78, 5) is 15.8. The molecule has 2 rings (SSSR count). The van der Waals surface area contributed by atoms with Crippen molar-refractivity contribution in [3.8, 4) is 5.69 Å². The number of amides is 1. The smallest absolute Gasteiger partial charge is 0.291 e. The molecule has 1 heterocycles. The fraction of sp³-hybridized carbons (Fsp3) is 0.308. The number of aliphatic hydroxyl groups is 1. The van der Waals surface area contributed by atoms with Gasteiger partial charge in [-0.05, 0) is 25.5 Å². The van der Waals surface area contributed by atoms with Gasteiger partial charge < -0.3 is 10.4 Å². The maximum atomic E-state index is 11.8. The highest BCUT2D eigenvalue weighted by atomic mass is 16.3. The number of hydrogen-bond acceptors (Lipinski definition) is 4. The first-order valence-corrected chi connectivity index (χ1v) is 6.09. The summed E-state index contributed by atoms with van der Waals surface area (Å²) in [6.45, 7) is 1.86. The zero-order chi connectivity index (χ0) is 13.7. The van der Waals surface area contributed by atoms with Crippen molar-refractivity contribution in [1.82, 2.24) is 20.1 Å². The second-order valence-corrected chi connectivity index (χ2v) is 4.24. The Hall–Kier alpha value is -2.21. The van der Waals surface area contributed by atoms with E-state index in [9.17, 15) is 4.79 Å². The van der Waals surface area contributed by atoms with E-state index >= 15 is 0 Å². The Morgan fingerprint density at radius 2 is 2.16 bits per heavy atom. The number of nitrogens with zero attached hydrogens (tertiary/aromatic N) is 3. The van der Waals surface area contributed by atoms with Gasteiger partial charge in [0.1, 0.15) is 6.33 Å². The molecule has 1 amide bonds. The predicted octanol–water partition coefficient (Wildman–Crippen LogP) is 0.768. The second-order valence-electron chi connectivity index (χ2n) is 4.24. The summed E-state index contributed by atoms with van der Waals surface area (Å²) < 4.78 is 1.55. The fourth-order valence-electron chi connectivity index (χ4n) is 1.63. The van der Waals surface area contributed by atoms with Crippen molar-refractivity contribution in [1.29, 1.82) is 0 Å². The van der Waals surface area contributed by atoms with Gasteiger partial charge in [-0.1, -0.05) is 18.2 Å². The first kappa shape index (κ1) is 13.2. The van der Waals surface area contributed by atoms with Crippen LogP contribution in [0.2, 0.25) is 0 Å². The highest BCUT2D eigenvalue weighted by Gasteiger charge is 2.14. The lowest BCUT2D eigenvalue weighted by Gasteiger charge is -2.10. The molecule has 0 unspecified atom stereocenters. The van der Waals surface area contributed by atoms with Crippen molar-refractivity contribution in [2.24, 2.45) is 0 Å². The van der Waals surface area contributed by atoms with Crippen molar-refractivity contribution in [3.05, 3.63) is 42.5 Å². The van der Waals surface area contributed by atoms with Crippen molar-refractivity contribution >= 4 is 5.91 Å². The lowest BCUT2D eigenvalue weighted by Crippen LogP contribution is -2.33. The van der Waals surface area contributed by atoms with E-state index < -0.39 is 0 Å². The number of rotatable bonds is 5. The Balaban J connectivity index is 2.07. The van der Waals surface area contributed by atoms with E-state index in [1.807, 2.05) is 37.3 Å². The molecular weight excluding hydrogens is 244 g/mol. The molecule has 6 nitrogen and oxygen atoms in total. The average molecular weight is 260 g/mol. The lowest BCUT2D eigenvalue weighted by molar-refractivity contribution is 0.0924. The van der Waals surface area contributed by atoms with E-state index in [1.54, 1.807) is 4.68 Å². The maximum Gasteiger partial charge on any atom is 0.291 e. The van der Waals surface area contributed by atoms with Gasteiger partial charge in [0.15, 0.2) is 0 Å². The predicted molar refractivity (Wildman–Crippen MR) is 70.0 cm³/mol. The number of carbonyl (C=O) groups is 1. The van der Waals surface area contributed by atoms with Crippen molar-refractivity contribution in [2.75, 3.05) is 6.61 Å². The summed E-state index contributed by atoms with van der Waals surface area (Å²) in [6, 6.07) is 9.33. The molecular formula is C13H16N4O2. The van der Waals surface area contributed by atoms with E-state index in [-0.39, 0.29) is 24.4 Å². The molecule has 1 aromatic heterocycles. The number of aliphatic hydroxyl groups excluding tert-OH is 1. The van der Waals surface area contributed by atoms with Gasteiger partial charge in [-0.25, -0.2) is 9.67 Å². The van der Waals surface area contributed by atoms with Crippen LogP contribution in [-0.2, 0) is 0 Å². The largest absolute Gasteiger partial charge is 0.396 e. The van der Waals surface area contributed by atoms with Crippen molar-refractivity contribution in [2.45, 2.75) is 19.4 Å². The van der Waals surface area contributed by atoms with Gasteiger partial charge in [0.05, 0.1) is 5.69 Å². The minimum atomic E-state index is -0.337. The number of hydrogen-bond donors (Lipinski definition) is 2. The van der Waals surface area contributed by atoms with Crippen LogP contribution in [0.1, 0.15) is 24.0 Å². The molecule has 0 saturated heterocycles. The van der Waals surface area contributed by atoms with Gasteiger partial charge in [0, 0.05) is 12.6 Å². The molecule has 0 bridgehead atoms. The molecule has 1 aromatic carbocycles. The molecule has 0 spiro atoms. The van der Waals surface area contributed by atoms with Crippen LogP contribution in [0.15, 0.2) is 36.7 Å². The third kappa shape index (κ3) is 3.38. The van der Waals surface area contributed by atoms with Crippen LogP contribution in [-0.4, -0.2) is 38.4 Å². The molecule has 0 saturated carbocycles. The molecule has 100 valence electrons. The number of aromatic nitrogens is 3. The first-order valence-electron chi connectivity index (χ1n) is 6.09. The SMILES string of the molecule is C[C@H](CCO)NC(=O)c1ncn(-c2ccccc2)n1. The van der Waals surface area contributed by atoms with Gasteiger partial charge >= 0.3 is 0 Å². The Morgan fingerprint density at radius 3 is 2.84 bits per heavy atom. The maximum absolute atomic E-state index is 11.8. The lowest BCUT2D eigenvalue weighted by atomic mass is 10.2. The third-order valence-electron chi connectivity index (χ3n) is 2.66. The summed E-state index contributed by atoms with van der Waals surface area (Å²) in [6.07, 6.45) is 2.01. The van der Waals surface area contributed by atoms with Crippen LogP contribution < -0.4 is 5.32 Å². The molecule has 0 aliphatic rings. The van der Waals surface area contributed by atoms with Crippen LogP contribution in [0.25, 0.3) is 5.69 Å². The molecule has 0 aliphatic carbocycles. The van der Waals surface area contributed by atoms with Gasteiger partial charge in [-0.2, -0.15) is 0 Å². The van der Waals surface area contributed by atoms with Crippen LogP contribution >= 0.6 is 0 Å². The quantitative estimate of drug-likeness (QED) is 0.832. The van der Waals surface area contributed by atoms with Crippen LogP contribution in [0.5, 0.6) is 0 Å². The van der Waals surface area contributed by atoms with Crippen LogP contribution in [0.4, 0.5) is 0 Å². The third-order valence-corrected chi connectivity index (χ3v) is 2.66. The second kappa shape index (κ2) is 6.10. The van der Waals surface area contributed by atoms with E-state index in [0.717, 1.165) is 5.69 Å². The Bertz CT molecular complexity index is 539. The first-order chi connectivity index (χ1) is 9.20. The summed E-state index contributed by atoms with van der Waals surface area (Å²) in [5.41, 5.74) is 0.845. The number of para-hydroxylation sites is 1. The minimum absolute atomic E-state index is 0.0351. The summed E-state index contributed by atoms with van der Waals surface area (Å²) in [5, 5.41) is 15.6. The minimum Gasteiger partial charge on any atom is -0.396 e. The summed E-state index contributed by atoms with van der Waals surface area (Å²) >= 11 is 0. The molecule has 1 atom stereocenters. The van der Waals surface area contributed by atoms with Crippen LogP contribution in [0, 0.1) is 0 Å². The van der Waals surface area contributed by atoms with Crippen molar-refractivity contribution < 1.29 is 9.90 Å². The molecule has 2 N–H and O–H groups in total. The van der Waals surface area contributed by atoms with Gasteiger partial charge in [0.25, 0.3) is 5.91 Å². The molecule has 0 fully saturated rings. The molecule has 19 heavy (non-hydrogen) atoms. The number of benzene rings is 1. The average Bonchev–Trinajstić information content (AvgIpc) is 2.89. The fourth-order valence-corrected chi connectivity index (χ4v) is 1.63. The highest BCUT2D eigenvalue weighted by molar-refractivity contribution is 5.90. The Labute approximate surface area is 111 Å². The standard InChI is InChI=1S/C13H16N4O2/c1-10(7-8-18)15-13(19)12-14-9-17(16-12)11-5-3-2-4-6-11/h2-6,9-10,18H,7-8H2,1H3,(H,15,19)/t10-/m1/s1. The Morgan fingerprint density at radius 1 is 1.42 bits per heavy atom. The zero-order valence-corrected chi connectivity index (χ0v) is 10.7. The van der Waals surface area contributed by atoms with E-state index in [0.29, 0.717) is 6.42 Å². The topological polar surface area (TPSA) is 80.0 Å². The number of nitrogens with one attached hydrogen (secondary N) is 1. The van der Waals surface area contributed by atoms with Crippen LogP contribution in [0.3, 0.4) is 0 Å². The molecule has 0 aliphatic heterocycles. The Kier molecular flexibility index (Phi) is 4.25. The van der Waals surface area contributed by atoms with E-state index in [2.05, 4.69) is 15.4 Å². The van der Waals surface area contributed by atoms with E-state index in [1.165, 1.54) is 6.33 Å². The van der Waals surface area contributed by atoms with Crippen molar-refractivity contribution in [3.63, 3.8) is 0 Å². The van der Waals surface area contributed by atoms with Gasteiger partial charge in [0.2, 0.25) is 5.82 Å². The monoisotopic (exact) mass is 260 g/mol. The van der Waals surface area contributed by atoms with Gasteiger partial charge in [-0.3, -0.25) is 4.79 Å². The molecule has 2 aromatic rings. The summed E-state index contributed by atoms with van der Waals surface area (Å²) in [5.74, 6) is -0.218. The molecule has 0 radical (unpaired) electrons. The highest BCUT2D eigenvalue weighted by Crippen LogP contribution is 2.04. The van der Waals surface area contributed by atoms with E-state index in [4.69, 9.17) is 5.11 Å². The normalized spacial score (nSPS) is 12.1. The zero-order valence-electron chi connectivity index (χ0n) is 10.7.